The van der Waals surface area contributed by atoms with E-state index in [9.17, 15) is 0 Å². The average Bonchev–Trinajstić information content (AvgIpc) is 2.30. The number of hydrogen-bond acceptors (Lipinski definition) is 2. The zero-order valence-corrected chi connectivity index (χ0v) is 7.75. The van der Waals surface area contributed by atoms with Crippen LogP contribution in [0.3, 0.4) is 0 Å². The van der Waals surface area contributed by atoms with Crippen molar-refractivity contribution in [1.29, 1.82) is 0 Å². The second kappa shape index (κ2) is 4.28. The number of allylic oxidation sites excluding steroid dienone is 4. The first kappa shape index (κ1) is 8.57. The van der Waals surface area contributed by atoms with Gasteiger partial charge in [-0.2, -0.15) is 0 Å². The number of hydrogen-bond donors (Lipinski definition) is 1. The molecule has 2 aliphatic rings. The Morgan fingerprint density at radius 3 is 3.08 bits per heavy atom. The van der Waals surface area contributed by atoms with E-state index in [1.807, 2.05) is 0 Å². The predicted octanol–water partition coefficient (Wildman–Crippen LogP) is 1.77. The van der Waals surface area contributed by atoms with Gasteiger partial charge in [0, 0.05) is 6.54 Å². The molecule has 0 atom stereocenters. The quantitative estimate of drug-likeness (QED) is 0.609. The van der Waals surface area contributed by atoms with Crippen LogP contribution < -0.4 is 5.32 Å². The van der Waals surface area contributed by atoms with Gasteiger partial charge in [-0.15, -0.1) is 0 Å². The summed E-state index contributed by atoms with van der Waals surface area (Å²) in [5, 5.41) is 3.32. The molecule has 2 rings (SSSR count). The number of nitrogens with one attached hydrogen (secondary N) is 1. The lowest BCUT2D eigenvalue weighted by atomic mass is 10.1. The molecular formula is C11H15NO. The van der Waals surface area contributed by atoms with Gasteiger partial charge in [-0.25, -0.2) is 0 Å². The van der Waals surface area contributed by atoms with Crippen molar-refractivity contribution in [2.75, 3.05) is 19.7 Å². The van der Waals surface area contributed by atoms with Crippen LogP contribution in [0.15, 0.2) is 35.6 Å². The molecule has 2 nitrogen and oxygen atoms in total. The molecule has 0 amide bonds. The van der Waals surface area contributed by atoms with E-state index in [0.717, 1.165) is 38.3 Å². The Hall–Kier alpha value is -1.02. The lowest BCUT2D eigenvalue weighted by molar-refractivity contribution is 0.216. The van der Waals surface area contributed by atoms with Crippen molar-refractivity contribution in [3.63, 3.8) is 0 Å². The van der Waals surface area contributed by atoms with Gasteiger partial charge in [0.15, 0.2) is 0 Å². The van der Waals surface area contributed by atoms with Crippen LogP contribution in [-0.2, 0) is 4.74 Å². The highest BCUT2D eigenvalue weighted by Gasteiger charge is 2.07. The molecule has 70 valence electrons. The summed E-state index contributed by atoms with van der Waals surface area (Å²) in [6.07, 6.45) is 10.7. The van der Waals surface area contributed by atoms with E-state index in [1.54, 1.807) is 0 Å². The van der Waals surface area contributed by atoms with Crippen molar-refractivity contribution in [3.05, 3.63) is 35.6 Å². The Balaban J connectivity index is 2.20. The fraction of sp³-hybridized carbons (Fsp3) is 0.455. The lowest BCUT2D eigenvalue weighted by Gasteiger charge is -2.15. The molecule has 0 aromatic rings. The van der Waals surface area contributed by atoms with E-state index in [1.165, 1.54) is 5.57 Å². The van der Waals surface area contributed by atoms with Crippen molar-refractivity contribution >= 4 is 0 Å². The first-order valence-corrected chi connectivity index (χ1v) is 4.86. The van der Waals surface area contributed by atoms with E-state index < -0.39 is 0 Å². The molecule has 13 heavy (non-hydrogen) atoms. The van der Waals surface area contributed by atoms with Gasteiger partial charge < -0.3 is 10.1 Å². The Morgan fingerprint density at radius 2 is 2.08 bits per heavy atom. The maximum atomic E-state index is 5.65. The van der Waals surface area contributed by atoms with Crippen molar-refractivity contribution < 1.29 is 4.74 Å². The van der Waals surface area contributed by atoms with Crippen LogP contribution in [-0.4, -0.2) is 19.7 Å². The van der Waals surface area contributed by atoms with Crippen molar-refractivity contribution in [2.45, 2.75) is 12.8 Å². The zero-order valence-electron chi connectivity index (χ0n) is 7.75. The van der Waals surface area contributed by atoms with Gasteiger partial charge in [0.25, 0.3) is 0 Å². The summed E-state index contributed by atoms with van der Waals surface area (Å²) in [6, 6.07) is 0. The first-order valence-electron chi connectivity index (χ1n) is 4.86. The summed E-state index contributed by atoms with van der Waals surface area (Å²) in [5.74, 6) is 1.07. The van der Waals surface area contributed by atoms with E-state index in [4.69, 9.17) is 4.74 Å². The SMILES string of the molecule is C1=CC2=C(C=CC1)OCCNCC2. The second-order valence-corrected chi connectivity index (χ2v) is 3.28. The van der Waals surface area contributed by atoms with Gasteiger partial charge in [-0.3, -0.25) is 0 Å². The predicted molar refractivity (Wildman–Crippen MR) is 53.4 cm³/mol. The molecular weight excluding hydrogens is 162 g/mol. The topological polar surface area (TPSA) is 21.3 Å². The Bertz CT molecular complexity index is 237. The molecule has 0 radical (unpaired) electrons. The summed E-state index contributed by atoms with van der Waals surface area (Å²) >= 11 is 0. The van der Waals surface area contributed by atoms with Crippen LogP contribution in [0.25, 0.3) is 0 Å². The third-order valence-electron chi connectivity index (χ3n) is 2.28. The monoisotopic (exact) mass is 177 g/mol. The lowest BCUT2D eigenvalue weighted by Crippen LogP contribution is -2.23. The Kier molecular flexibility index (Phi) is 2.82. The average molecular weight is 177 g/mol. The minimum Gasteiger partial charge on any atom is -0.492 e. The summed E-state index contributed by atoms with van der Waals surface area (Å²) in [7, 11) is 0. The molecule has 1 heterocycles. The van der Waals surface area contributed by atoms with E-state index in [0.29, 0.717) is 0 Å². The van der Waals surface area contributed by atoms with Gasteiger partial charge in [0.1, 0.15) is 12.4 Å². The van der Waals surface area contributed by atoms with Gasteiger partial charge in [-0.05, 0) is 31.0 Å². The molecule has 1 N–H and O–H groups in total. The molecule has 0 unspecified atom stereocenters. The molecule has 0 saturated carbocycles. The van der Waals surface area contributed by atoms with E-state index in [2.05, 4.69) is 29.6 Å². The van der Waals surface area contributed by atoms with Crippen molar-refractivity contribution in [1.82, 2.24) is 5.32 Å². The zero-order chi connectivity index (χ0) is 8.93. The van der Waals surface area contributed by atoms with Crippen molar-refractivity contribution in [2.24, 2.45) is 0 Å². The fourth-order valence-corrected chi connectivity index (χ4v) is 1.58. The molecule has 0 saturated heterocycles. The standard InChI is InChI=1S/C11H15NO/c1-2-4-10-6-7-12-8-9-13-11(10)5-3-1/h2-5,12H,1,6-9H2. The summed E-state index contributed by atoms with van der Waals surface area (Å²) in [5.41, 5.74) is 1.32. The maximum absolute atomic E-state index is 5.65. The third-order valence-corrected chi connectivity index (χ3v) is 2.28. The van der Waals surface area contributed by atoms with Crippen LogP contribution in [0.5, 0.6) is 0 Å². The molecule has 0 bridgehead atoms. The van der Waals surface area contributed by atoms with Crippen LogP contribution in [0.1, 0.15) is 12.8 Å². The van der Waals surface area contributed by atoms with E-state index in [-0.39, 0.29) is 0 Å². The molecule has 0 aromatic heterocycles. The molecule has 0 spiro atoms. The highest BCUT2D eigenvalue weighted by atomic mass is 16.5. The summed E-state index contributed by atoms with van der Waals surface area (Å²) in [6.45, 7) is 2.78. The minimum absolute atomic E-state index is 0.775. The normalized spacial score (nSPS) is 22.8. The fourth-order valence-electron chi connectivity index (χ4n) is 1.58. The highest BCUT2D eigenvalue weighted by Crippen LogP contribution is 2.17. The largest absolute Gasteiger partial charge is 0.492 e. The van der Waals surface area contributed by atoms with Gasteiger partial charge >= 0.3 is 0 Å². The van der Waals surface area contributed by atoms with Crippen LogP contribution in [0.4, 0.5) is 0 Å². The number of rotatable bonds is 0. The van der Waals surface area contributed by atoms with Crippen LogP contribution in [0.2, 0.25) is 0 Å². The third kappa shape index (κ3) is 2.22. The van der Waals surface area contributed by atoms with Gasteiger partial charge in [0.05, 0.1) is 0 Å². The molecule has 2 heteroatoms. The highest BCUT2D eigenvalue weighted by molar-refractivity contribution is 5.32. The summed E-state index contributed by atoms with van der Waals surface area (Å²) < 4.78 is 5.65. The smallest absolute Gasteiger partial charge is 0.122 e. The van der Waals surface area contributed by atoms with Gasteiger partial charge in [-0.1, -0.05) is 18.2 Å². The molecule has 1 aliphatic carbocycles. The Labute approximate surface area is 79.0 Å². The molecule has 0 fully saturated rings. The summed E-state index contributed by atoms with van der Waals surface area (Å²) in [4.78, 5) is 0. The Morgan fingerprint density at radius 1 is 1.15 bits per heavy atom. The molecule has 0 aromatic carbocycles. The number of ether oxygens (including phenoxy) is 1. The van der Waals surface area contributed by atoms with Gasteiger partial charge in [0.2, 0.25) is 0 Å². The maximum Gasteiger partial charge on any atom is 0.122 e. The van der Waals surface area contributed by atoms with E-state index >= 15 is 0 Å². The van der Waals surface area contributed by atoms with Crippen LogP contribution >= 0.6 is 0 Å². The minimum atomic E-state index is 0.775. The molecule has 1 aliphatic heterocycles. The van der Waals surface area contributed by atoms with Crippen molar-refractivity contribution in [3.8, 4) is 0 Å². The van der Waals surface area contributed by atoms with Crippen LogP contribution in [0, 0.1) is 0 Å². The second-order valence-electron chi connectivity index (χ2n) is 3.28. The first-order chi connectivity index (χ1) is 6.47.